The van der Waals surface area contributed by atoms with E-state index >= 15 is 0 Å². The van der Waals surface area contributed by atoms with Gasteiger partial charge < -0.3 is 14.6 Å². The highest BCUT2D eigenvalue weighted by Gasteiger charge is 2.25. The number of carbonyl (C=O) groups excluding carboxylic acids is 1. The standard InChI is InChI=1S/C21H20F2N4O2S/c22-16-11-15(12-17(23)13-16)19(28)24-18(10-14-4-2-1-3-5-14)20-25-26-21(29-20)27-6-8-30-9-7-27/h1-5,11-13,18H,6-10H2,(H,24,28). The van der Waals surface area contributed by atoms with Gasteiger partial charge in [-0.05, 0) is 17.7 Å². The quantitative estimate of drug-likeness (QED) is 0.644. The summed E-state index contributed by atoms with van der Waals surface area (Å²) in [7, 11) is 0. The predicted molar refractivity (Wildman–Crippen MR) is 111 cm³/mol. The van der Waals surface area contributed by atoms with E-state index in [9.17, 15) is 13.6 Å². The SMILES string of the molecule is O=C(NC(Cc1ccccc1)c1nnc(N2CCSCC2)o1)c1cc(F)cc(F)c1. The van der Waals surface area contributed by atoms with Gasteiger partial charge in [-0.2, -0.15) is 11.8 Å². The molecule has 1 fully saturated rings. The van der Waals surface area contributed by atoms with Crippen LogP contribution in [0.15, 0.2) is 52.9 Å². The Bertz CT molecular complexity index is 989. The summed E-state index contributed by atoms with van der Waals surface area (Å²) in [6, 6.07) is 12.0. The molecule has 9 heteroatoms. The van der Waals surface area contributed by atoms with Crippen molar-refractivity contribution in [3.63, 3.8) is 0 Å². The molecule has 30 heavy (non-hydrogen) atoms. The molecule has 1 atom stereocenters. The molecule has 2 aromatic carbocycles. The Labute approximate surface area is 176 Å². The van der Waals surface area contributed by atoms with Gasteiger partial charge in [0, 0.05) is 42.6 Å². The zero-order chi connectivity index (χ0) is 20.9. The fourth-order valence-corrected chi connectivity index (χ4v) is 4.13. The molecule has 2 heterocycles. The number of nitrogens with one attached hydrogen (secondary N) is 1. The van der Waals surface area contributed by atoms with Crippen LogP contribution in [0, 0.1) is 11.6 Å². The van der Waals surface area contributed by atoms with Crippen molar-refractivity contribution in [3.8, 4) is 0 Å². The Hall–Kier alpha value is -2.94. The summed E-state index contributed by atoms with van der Waals surface area (Å²) in [4.78, 5) is 14.7. The molecule has 0 spiro atoms. The summed E-state index contributed by atoms with van der Waals surface area (Å²) >= 11 is 1.87. The average Bonchev–Trinajstić information content (AvgIpc) is 3.24. The third-order valence-corrected chi connectivity index (χ3v) is 5.66. The van der Waals surface area contributed by atoms with Crippen LogP contribution in [0.2, 0.25) is 0 Å². The number of rotatable bonds is 6. The zero-order valence-corrected chi connectivity index (χ0v) is 16.9. The molecule has 3 aromatic rings. The maximum atomic E-state index is 13.5. The predicted octanol–water partition coefficient (Wildman–Crippen LogP) is 3.61. The van der Waals surface area contributed by atoms with Crippen LogP contribution in [0.25, 0.3) is 0 Å². The van der Waals surface area contributed by atoms with Gasteiger partial charge in [0.05, 0.1) is 0 Å². The summed E-state index contributed by atoms with van der Waals surface area (Å²) in [6.45, 7) is 1.62. The lowest BCUT2D eigenvalue weighted by Crippen LogP contribution is -2.32. The molecule has 1 aromatic heterocycles. The molecule has 1 aliphatic heterocycles. The lowest BCUT2D eigenvalue weighted by Gasteiger charge is -2.24. The van der Waals surface area contributed by atoms with Crippen molar-refractivity contribution in [2.24, 2.45) is 0 Å². The minimum atomic E-state index is -0.817. The van der Waals surface area contributed by atoms with Crippen LogP contribution in [-0.4, -0.2) is 40.7 Å². The number of amides is 1. The molecule has 1 amide bonds. The number of nitrogens with zero attached hydrogens (tertiary/aromatic N) is 3. The second-order valence-electron chi connectivity index (χ2n) is 6.90. The topological polar surface area (TPSA) is 71.3 Å². The number of benzene rings is 2. The number of thioether (sulfide) groups is 1. The number of carbonyl (C=O) groups is 1. The molecule has 0 bridgehead atoms. The van der Waals surface area contributed by atoms with E-state index in [2.05, 4.69) is 15.5 Å². The van der Waals surface area contributed by atoms with Gasteiger partial charge in [0.1, 0.15) is 17.7 Å². The van der Waals surface area contributed by atoms with Crippen LogP contribution in [0.1, 0.15) is 27.9 Å². The van der Waals surface area contributed by atoms with E-state index in [1.807, 2.05) is 47.0 Å². The Morgan fingerprint density at radius 2 is 1.80 bits per heavy atom. The van der Waals surface area contributed by atoms with E-state index in [-0.39, 0.29) is 11.5 Å². The van der Waals surface area contributed by atoms with Gasteiger partial charge in [0.25, 0.3) is 5.91 Å². The first kappa shape index (κ1) is 20.3. The Kier molecular flexibility index (Phi) is 6.27. The lowest BCUT2D eigenvalue weighted by atomic mass is 10.1. The smallest absolute Gasteiger partial charge is 0.318 e. The molecule has 0 radical (unpaired) electrons. The normalized spacial score (nSPS) is 15.1. The number of halogens is 2. The van der Waals surface area contributed by atoms with Crippen molar-refractivity contribution in [2.75, 3.05) is 29.5 Å². The van der Waals surface area contributed by atoms with Crippen molar-refractivity contribution in [1.82, 2.24) is 15.5 Å². The Balaban J connectivity index is 1.58. The van der Waals surface area contributed by atoms with Gasteiger partial charge in [-0.1, -0.05) is 35.4 Å². The lowest BCUT2D eigenvalue weighted by molar-refractivity contribution is 0.0929. The first-order valence-corrected chi connectivity index (χ1v) is 10.7. The first-order valence-electron chi connectivity index (χ1n) is 9.55. The highest BCUT2D eigenvalue weighted by molar-refractivity contribution is 7.99. The van der Waals surface area contributed by atoms with Crippen molar-refractivity contribution >= 4 is 23.7 Å². The molecular formula is C21H20F2N4O2S. The molecule has 1 aliphatic rings. The van der Waals surface area contributed by atoms with E-state index in [0.29, 0.717) is 12.4 Å². The van der Waals surface area contributed by atoms with E-state index in [1.54, 1.807) is 0 Å². The van der Waals surface area contributed by atoms with Crippen LogP contribution in [0.3, 0.4) is 0 Å². The second-order valence-corrected chi connectivity index (χ2v) is 8.12. The van der Waals surface area contributed by atoms with Gasteiger partial charge in [0.15, 0.2) is 0 Å². The first-order chi connectivity index (χ1) is 14.6. The van der Waals surface area contributed by atoms with Gasteiger partial charge in [0.2, 0.25) is 5.89 Å². The number of hydrogen-bond acceptors (Lipinski definition) is 6. The van der Waals surface area contributed by atoms with E-state index < -0.39 is 23.6 Å². The summed E-state index contributed by atoms with van der Waals surface area (Å²) in [5.41, 5.74) is 0.834. The summed E-state index contributed by atoms with van der Waals surface area (Å²) in [6.07, 6.45) is 0.391. The maximum Gasteiger partial charge on any atom is 0.318 e. The number of hydrogen-bond donors (Lipinski definition) is 1. The second kappa shape index (κ2) is 9.25. The van der Waals surface area contributed by atoms with Gasteiger partial charge >= 0.3 is 6.01 Å². The highest BCUT2D eigenvalue weighted by atomic mass is 32.2. The minimum absolute atomic E-state index is 0.113. The molecule has 6 nitrogen and oxygen atoms in total. The molecule has 1 N–H and O–H groups in total. The molecule has 156 valence electrons. The van der Waals surface area contributed by atoms with E-state index in [0.717, 1.165) is 48.4 Å². The fraction of sp³-hybridized carbons (Fsp3) is 0.286. The monoisotopic (exact) mass is 430 g/mol. The van der Waals surface area contributed by atoms with Crippen LogP contribution in [0.4, 0.5) is 14.8 Å². The Morgan fingerprint density at radius 3 is 2.50 bits per heavy atom. The third kappa shape index (κ3) is 4.96. The fourth-order valence-electron chi connectivity index (χ4n) is 3.23. The van der Waals surface area contributed by atoms with Crippen LogP contribution < -0.4 is 10.2 Å². The van der Waals surface area contributed by atoms with Crippen molar-refractivity contribution in [1.29, 1.82) is 0 Å². The summed E-state index contributed by atoms with van der Waals surface area (Å²) < 4.78 is 32.9. The van der Waals surface area contributed by atoms with Crippen LogP contribution in [-0.2, 0) is 6.42 Å². The molecule has 1 unspecified atom stereocenters. The summed E-state index contributed by atoms with van der Waals surface area (Å²) in [5, 5.41) is 11.1. The van der Waals surface area contributed by atoms with Crippen LogP contribution >= 0.6 is 11.8 Å². The van der Waals surface area contributed by atoms with Crippen molar-refractivity contribution < 1.29 is 18.0 Å². The van der Waals surface area contributed by atoms with Gasteiger partial charge in [-0.15, -0.1) is 5.10 Å². The molecule has 1 saturated heterocycles. The maximum absolute atomic E-state index is 13.5. The Morgan fingerprint density at radius 1 is 1.10 bits per heavy atom. The van der Waals surface area contributed by atoms with Crippen LogP contribution in [0.5, 0.6) is 0 Å². The van der Waals surface area contributed by atoms with E-state index in [1.165, 1.54) is 0 Å². The molecule has 0 saturated carbocycles. The number of anilines is 1. The number of aromatic nitrogens is 2. The summed E-state index contributed by atoms with van der Waals surface area (Å²) in [5.74, 6) is -0.0496. The van der Waals surface area contributed by atoms with Crippen molar-refractivity contribution in [3.05, 3.63) is 77.2 Å². The largest absolute Gasteiger partial charge is 0.406 e. The highest BCUT2D eigenvalue weighted by Crippen LogP contribution is 2.24. The van der Waals surface area contributed by atoms with Gasteiger partial charge in [-0.25, -0.2) is 8.78 Å². The van der Waals surface area contributed by atoms with Crippen molar-refractivity contribution in [2.45, 2.75) is 12.5 Å². The molecule has 0 aliphatic carbocycles. The van der Waals surface area contributed by atoms with Gasteiger partial charge in [-0.3, -0.25) is 4.79 Å². The average molecular weight is 430 g/mol. The minimum Gasteiger partial charge on any atom is -0.406 e. The third-order valence-electron chi connectivity index (χ3n) is 4.72. The zero-order valence-electron chi connectivity index (χ0n) is 16.1. The van der Waals surface area contributed by atoms with E-state index in [4.69, 9.17) is 4.42 Å². The molecule has 4 rings (SSSR count). The molecular weight excluding hydrogens is 410 g/mol.